The van der Waals surface area contributed by atoms with Gasteiger partial charge >= 0.3 is 6.01 Å². The molecule has 4 heteroatoms. The molecule has 0 fully saturated rings. The van der Waals surface area contributed by atoms with E-state index in [1.54, 1.807) is 0 Å². The molecule has 0 atom stereocenters. The molecule has 0 saturated heterocycles. The lowest BCUT2D eigenvalue weighted by molar-refractivity contribution is 0.437. The molecule has 0 spiro atoms. The molecule has 0 bridgehead atoms. The van der Waals surface area contributed by atoms with Crippen LogP contribution in [-0.2, 0) is 0 Å². The van der Waals surface area contributed by atoms with Gasteiger partial charge in [-0.2, -0.15) is 4.98 Å². The van der Waals surface area contributed by atoms with Gasteiger partial charge in [0.05, 0.1) is 0 Å². The van der Waals surface area contributed by atoms with Crippen LogP contribution >= 0.6 is 0 Å². The SMILES string of the molecule is Cc1ccccc1-c1noc(N)n1. The van der Waals surface area contributed by atoms with Gasteiger partial charge in [0.1, 0.15) is 0 Å². The van der Waals surface area contributed by atoms with Crippen molar-refractivity contribution >= 4 is 6.01 Å². The minimum atomic E-state index is 0.0956. The van der Waals surface area contributed by atoms with Crippen LogP contribution < -0.4 is 5.73 Å². The van der Waals surface area contributed by atoms with Crippen LogP contribution in [0.3, 0.4) is 0 Å². The van der Waals surface area contributed by atoms with E-state index in [1.165, 1.54) is 0 Å². The molecule has 4 nitrogen and oxygen atoms in total. The van der Waals surface area contributed by atoms with E-state index < -0.39 is 0 Å². The van der Waals surface area contributed by atoms with Crippen LogP contribution in [0.2, 0.25) is 0 Å². The average molecular weight is 175 g/mol. The molecule has 66 valence electrons. The third kappa shape index (κ3) is 1.38. The Bertz CT molecular complexity index is 422. The highest BCUT2D eigenvalue weighted by Crippen LogP contribution is 2.19. The largest absolute Gasteiger partial charge is 0.351 e. The first-order valence-electron chi connectivity index (χ1n) is 3.92. The molecule has 2 rings (SSSR count). The second-order valence-electron chi connectivity index (χ2n) is 2.77. The zero-order chi connectivity index (χ0) is 9.26. The summed E-state index contributed by atoms with van der Waals surface area (Å²) in [7, 11) is 0. The van der Waals surface area contributed by atoms with Crippen LogP contribution in [0.4, 0.5) is 6.01 Å². The lowest BCUT2D eigenvalue weighted by Crippen LogP contribution is -1.86. The van der Waals surface area contributed by atoms with E-state index in [1.807, 2.05) is 31.2 Å². The highest BCUT2D eigenvalue weighted by atomic mass is 16.5. The molecule has 0 aliphatic carbocycles. The average Bonchev–Trinajstić information content (AvgIpc) is 2.53. The third-order valence-electron chi connectivity index (χ3n) is 1.83. The summed E-state index contributed by atoms with van der Waals surface area (Å²) in [6.07, 6.45) is 0. The summed E-state index contributed by atoms with van der Waals surface area (Å²) in [6.45, 7) is 1.99. The van der Waals surface area contributed by atoms with E-state index in [-0.39, 0.29) is 6.01 Å². The van der Waals surface area contributed by atoms with Gasteiger partial charge in [-0.25, -0.2) is 0 Å². The molecular formula is C9H9N3O. The molecule has 0 saturated carbocycles. The molecule has 2 N–H and O–H groups in total. The number of anilines is 1. The molecule has 13 heavy (non-hydrogen) atoms. The topological polar surface area (TPSA) is 64.9 Å². The normalized spacial score (nSPS) is 10.2. The maximum absolute atomic E-state index is 5.33. The molecule has 1 aromatic heterocycles. The third-order valence-corrected chi connectivity index (χ3v) is 1.83. The van der Waals surface area contributed by atoms with Crippen molar-refractivity contribution in [2.24, 2.45) is 0 Å². The monoisotopic (exact) mass is 175 g/mol. The molecule has 0 radical (unpaired) electrons. The maximum atomic E-state index is 5.33. The predicted molar refractivity (Wildman–Crippen MR) is 48.9 cm³/mol. The molecule has 0 aliphatic rings. The fourth-order valence-corrected chi connectivity index (χ4v) is 1.17. The van der Waals surface area contributed by atoms with Crippen LogP contribution in [0.15, 0.2) is 28.8 Å². The van der Waals surface area contributed by atoms with Crippen molar-refractivity contribution in [2.45, 2.75) is 6.92 Å². The van der Waals surface area contributed by atoms with Gasteiger partial charge in [0.15, 0.2) is 0 Å². The van der Waals surface area contributed by atoms with E-state index in [2.05, 4.69) is 10.1 Å². The summed E-state index contributed by atoms with van der Waals surface area (Å²) in [5.74, 6) is 0.538. The summed E-state index contributed by atoms with van der Waals surface area (Å²) < 4.78 is 4.69. The summed E-state index contributed by atoms with van der Waals surface area (Å²) in [5, 5.41) is 3.74. The van der Waals surface area contributed by atoms with Gasteiger partial charge < -0.3 is 10.3 Å². The summed E-state index contributed by atoms with van der Waals surface area (Å²) in [4.78, 5) is 3.94. The first-order valence-corrected chi connectivity index (χ1v) is 3.92. The number of hydrogen-bond acceptors (Lipinski definition) is 4. The fraction of sp³-hybridized carbons (Fsp3) is 0.111. The lowest BCUT2D eigenvalue weighted by Gasteiger charge is -1.97. The van der Waals surface area contributed by atoms with Gasteiger partial charge in [0.2, 0.25) is 5.82 Å². The molecule has 1 aromatic carbocycles. The summed E-state index contributed by atoms with van der Waals surface area (Å²) in [6, 6.07) is 7.90. The number of aryl methyl sites for hydroxylation is 1. The van der Waals surface area contributed by atoms with E-state index in [0.717, 1.165) is 11.1 Å². The van der Waals surface area contributed by atoms with Crippen LogP contribution in [0.1, 0.15) is 5.56 Å². The quantitative estimate of drug-likeness (QED) is 0.715. The van der Waals surface area contributed by atoms with Gasteiger partial charge in [-0.05, 0) is 12.5 Å². The highest BCUT2D eigenvalue weighted by molar-refractivity contribution is 5.59. The van der Waals surface area contributed by atoms with Gasteiger partial charge in [-0.1, -0.05) is 29.4 Å². The van der Waals surface area contributed by atoms with Crippen molar-refractivity contribution in [2.75, 3.05) is 5.73 Å². The van der Waals surface area contributed by atoms with Crippen molar-refractivity contribution in [1.82, 2.24) is 10.1 Å². The Morgan fingerprint density at radius 1 is 1.31 bits per heavy atom. The van der Waals surface area contributed by atoms with Gasteiger partial charge in [-0.3, -0.25) is 0 Å². The van der Waals surface area contributed by atoms with E-state index in [9.17, 15) is 0 Å². The Morgan fingerprint density at radius 3 is 2.69 bits per heavy atom. The first-order chi connectivity index (χ1) is 6.27. The van der Waals surface area contributed by atoms with Crippen molar-refractivity contribution in [3.05, 3.63) is 29.8 Å². The van der Waals surface area contributed by atoms with Gasteiger partial charge in [-0.15, -0.1) is 0 Å². The smallest absolute Gasteiger partial charge is 0.319 e. The minimum Gasteiger partial charge on any atom is -0.351 e. The summed E-state index contributed by atoms with van der Waals surface area (Å²) in [5.41, 5.74) is 7.37. The highest BCUT2D eigenvalue weighted by Gasteiger charge is 2.07. The maximum Gasteiger partial charge on any atom is 0.319 e. The van der Waals surface area contributed by atoms with E-state index in [0.29, 0.717) is 5.82 Å². The van der Waals surface area contributed by atoms with Crippen molar-refractivity contribution in [1.29, 1.82) is 0 Å². The Hall–Kier alpha value is -1.84. The standard InChI is InChI=1S/C9H9N3O/c1-6-4-2-3-5-7(6)8-11-9(10)13-12-8/h2-5H,1H3,(H2,10,11,12). The number of nitrogens with zero attached hydrogens (tertiary/aromatic N) is 2. The number of nitrogens with two attached hydrogens (primary N) is 1. The molecule has 0 amide bonds. The Kier molecular flexibility index (Phi) is 1.73. The van der Waals surface area contributed by atoms with Crippen molar-refractivity contribution in [3.63, 3.8) is 0 Å². The van der Waals surface area contributed by atoms with Crippen molar-refractivity contribution < 1.29 is 4.52 Å². The predicted octanol–water partition coefficient (Wildman–Crippen LogP) is 1.63. The van der Waals surface area contributed by atoms with Crippen molar-refractivity contribution in [3.8, 4) is 11.4 Å². The lowest BCUT2D eigenvalue weighted by atomic mass is 10.1. The first kappa shape index (κ1) is 7.79. The number of benzene rings is 1. The molecule has 1 heterocycles. The number of aromatic nitrogens is 2. The van der Waals surface area contributed by atoms with Crippen LogP contribution in [-0.4, -0.2) is 10.1 Å². The van der Waals surface area contributed by atoms with Gasteiger partial charge in [0, 0.05) is 5.56 Å². The van der Waals surface area contributed by atoms with E-state index >= 15 is 0 Å². The zero-order valence-electron chi connectivity index (χ0n) is 7.19. The second kappa shape index (κ2) is 2.90. The molecular weight excluding hydrogens is 166 g/mol. The minimum absolute atomic E-state index is 0.0956. The zero-order valence-corrected chi connectivity index (χ0v) is 7.19. The fourth-order valence-electron chi connectivity index (χ4n) is 1.17. The summed E-state index contributed by atoms with van der Waals surface area (Å²) >= 11 is 0. The number of hydrogen-bond donors (Lipinski definition) is 1. The Morgan fingerprint density at radius 2 is 2.08 bits per heavy atom. The Balaban J connectivity index is 2.52. The van der Waals surface area contributed by atoms with Crippen LogP contribution in [0.5, 0.6) is 0 Å². The number of rotatable bonds is 1. The molecule has 2 aromatic rings. The van der Waals surface area contributed by atoms with Crippen LogP contribution in [0.25, 0.3) is 11.4 Å². The van der Waals surface area contributed by atoms with Gasteiger partial charge in [0.25, 0.3) is 0 Å². The molecule has 0 unspecified atom stereocenters. The van der Waals surface area contributed by atoms with E-state index in [4.69, 9.17) is 10.3 Å². The number of nitrogen functional groups attached to an aromatic ring is 1. The second-order valence-corrected chi connectivity index (χ2v) is 2.77. The van der Waals surface area contributed by atoms with Crippen LogP contribution in [0, 0.1) is 6.92 Å². The molecule has 0 aliphatic heterocycles. The Labute approximate surface area is 75.4 Å².